The van der Waals surface area contributed by atoms with Crippen molar-refractivity contribution in [2.24, 2.45) is 0 Å². The first-order valence-corrected chi connectivity index (χ1v) is 12.6. The molecule has 6 aliphatic rings. The molecule has 150 valence electrons. The fourth-order valence-corrected chi connectivity index (χ4v) is 8.25. The molecule has 0 saturated heterocycles. The van der Waals surface area contributed by atoms with Gasteiger partial charge in [-0.3, -0.25) is 0 Å². The van der Waals surface area contributed by atoms with Crippen LogP contribution in [-0.2, 0) is 64.2 Å². The van der Waals surface area contributed by atoms with Crippen molar-refractivity contribution in [3.05, 3.63) is 77.9 Å². The Kier molecular flexibility index (Phi) is 3.20. The van der Waals surface area contributed by atoms with Crippen LogP contribution in [0.2, 0.25) is 0 Å². The first kappa shape index (κ1) is 16.6. The van der Waals surface area contributed by atoms with E-state index < -0.39 is 0 Å². The summed E-state index contributed by atoms with van der Waals surface area (Å²) in [5.41, 5.74) is 24.3. The van der Waals surface area contributed by atoms with E-state index in [1.165, 1.54) is 89.9 Å². The van der Waals surface area contributed by atoms with E-state index in [1.807, 2.05) is 0 Å². The molecule has 2 aromatic carbocycles. The maximum Gasteiger partial charge on any atom is -0.00138 e. The third-order valence-electron chi connectivity index (χ3n) is 9.41. The van der Waals surface area contributed by atoms with Crippen molar-refractivity contribution < 1.29 is 0 Å². The Hall–Kier alpha value is -2.08. The normalized spacial score (nSPS) is 21.9. The maximum atomic E-state index is 2.65. The van der Waals surface area contributed by atoms with Crippen molar-refractivity contribution in [2.75, 3.05) is 0 Å². The van der Waals surface area contributed by atoms with Crippen LogP contribution in [0.3, 0.4) is 0 Å². The van der Waals surface area contributed by atoms with Gasteiger partial charge in [0.2, 0.25) is 0 Å². The summed E-state index contributed by atoms with van der Waals surface area (Å²) in [6.07, 6.45) is 24.0. The molecule has 0 fully saturated rings. The zero-order valence-corrected chi connectivity index (χ0v) is 18.1. The van der Waals surface area contributed by atoms with Crippen molar-refractivity contribution in [1.82, 2.24) is 0 Å². The highest BCUT2D eigenvalue weighted by Gasteiger charge is 2.34. The van der Waals surface area contributed by atoms with E-state index in [0.29, 0.717) is 0 Å². The Morgan fingerprint density at radius 3 is 1.03 bits per heavy atom. The SMILES string of the molecule is C1=C(C2=Cc3c4c(c5c(c3C2)CCC5)CCC4)Cc2c1c1c(c3c2CCC3)CCC1. The zero-order valence-electron chi connectivity index (χ0n) is 18.1. The number of hydrogen-bond donors (Lipinski definition) is 0. The second-order valence-corrected chi connectivity index (χ2v) is 10.7. The van der Waals surface area contributed by atoms with Crippen LogP contribution in [0.5, 0.6) is 0 Å². The van der Waals surface area contributed by atoms with Gasteiger partial charge in [0.05, 0.1) is 0 Å². The second-order valence-electron chi connectivity index (χ2n) is 10.7. The van der Waals surface area contributed by atoms with Gasteiger partial charge >= 0.3 is 0 Å². The number of fused-ring (bicyclic) bond motifs is 12. The predicted octanol–water partition coefficient (Wildman–Crippen LogP) is 6.22. The van der Waals surface area contributed by atoms with Crippen LogP contribution in [0.15, 0.2) is 11.1 Å². The van der Waals surface area contributed by atoms with E-state index in [9.17, 15) is 0 Å². The molecule has 0 aromatic heterocycles. The molecule has 0 N–H and O–H groups in total. The third-order valence-corrected chi connectivity index (χ3v) is 9.41. The van der Waals surface area contributed by atoms with Crippen molar-refractivity contribution in [1.29, 1.82) is 0 Å². The van der Waals surface area contributed by atoms with Crippen molar-refractivity contribution in [3.8, 4) is 0 Å². The van der Waals surface area contributed by atoms with E-state index in [2.05, 4.69) is 12.2 Å². The monoisotopic (exact) mass is 390 g/mol. The van der Waals surface area contributed by atoms with Gasteiger partial charge < -0.3 is 0 Å². The molecule has 0 bridgehead atoms. The fraction of sp³-hybridized carbons (Fsp3) is 0.467. The molecule has 0 saturated carbocycles. The first-order chi connectivity index (χ1) is 14.9. The second kappa shape index (κ2) is 5.78. The van der Waals surface area contributed by atoms with Crippen molar-refractivity contribution in [2.45, 2.75) is 89.9 Å². The van der Waals surface area contributed by atoms with E-state index in [0.717, 1.165) is 0 Å². The van der Waals surface area contributed by atoms with Crippen LogP contribution in [-0.4, -0.2) is 0 Å². The molecule has 0 spiro atoms. The molecule has 0 amide bonds. The van der Waals surface area contributed by atoms with Crippen LogP contribution < -0.4 is 0 Å². The van der Waals surface area contributed by atoms with Gasteiger partial charge in [0, 0.05) is 0 Å². The van der Waals surface area contributed by atoms with Gasteiger partial charge in [0.1, 0.15) is 0 Å². The smallest absolute Gasteiger partial charge is 0.00138 e. The predicted molar refractivity (Wildman–Crippen MR) is 124 cm³/mol. The van der Waals surface area contributed by atoms with Gasteiger partial charge in [-0.2, -0.15) is 0 Å². The molecule has 0 nitrogen and oxygen atoms in total. The summed E-state index contributed by atoms with van der Waals surface area (Å²) < 4.78 is 0. The highest BCUT2D eigenvalue weighted by atomic mass is 14.4. The Labute approximate surface area is 180 Å². The zero-order chi connectivity index (χ0) is 19.4. The molecule has 0 heteroatoms. The molecule has 0 unspecified atom stereocenters. The lowest BCUT2D eigenvalue weighted by atomic mass is 9.89. The largest absolute Gasteiger partial charge is 0.0506 e. The molecular weight excluding hydrogens is 360 g/mol. The molecular formula is C30H30. The van der Waals surface area contributed by atoms with Gasteiger partial charge in [0.15, 0.2) is 0 Å². The fourth-order valence-electron chi connectivity index (χ4n) is 8.25. The van der Waals surface area contributed by atoms with Crippen LogP contribution in [0.25, 0.3) is 12.2 Å². The Bertz CT molecular complexity index is 1130. The van der Waals surface area contributed by atoms with Gasteiger partial charge in [-0.15, -0.1) is 0 Å². The summed E-state index contributed by atoms with van der Waals surface area (Å²) in [7, 11) is 0. The third kappa shape index (κ3) is 1.99. The van der Waals surface area contributed by atoms with Gasteiger partial charge in [-0.25, -0.2) is 0 Å². The highest BCUT2D eigenvalue weighted by molar-refractivity contribution is 5.82. The molecule has 2 aromatic rings. The van der Waals surface area contributed by atoms with Gasteiger partial charge in [-0.1, -0.05) is 12.2 Å². The lowest BCUT2D eigenvalue weighted by molar-refractivity contribution is 0.885. The minimum atomic E-state index is 1.22. The van der Waals surface area contributed by atoms with Crippen molar-refractivity contribution in [3.63, 3.8) is 0 Å². The Morgan fingerprint density at radius 2 is 0.633 bits per heavy atom. The number of rotatable bonds is 1. The van der Waals surface area contributed by atoms with Crippen LogP contribution >= 0.6 is 0 Å². The minimum Gasteiger partial charge on any atom is -0.0506 e. The van der Waals surface area contributed by atoms with Gasteiger partial charge in [-0.05, 0) is 168 Å². The number of benzene rings is 2. The molecule has 30 heavy (non-hydrogen) atoms. The highest BCUT2D eigenvalue weighted by Crippen LogP contribution is 2.48. The Balaban J connectivity index is 1.25. The summed E-state index contributed by atoms with van der Waals surface area (Å²) in [6, 6.07) is 0. The average molecular weight is 391 g/mol. The quantitative estimate of drug-likeness (QED) is 0.542. The number of allylic oxidation sites excluding steroid dienone is 2. The van der Waals surface area contributed by atoms with Crippen LogP contribution in [0.1, 0.15) is 92.4 Å². The van der Waals surface area contributed by atoms with Crippen LogP contribution in [0, 0.1) is 0 Å². The van der Waals surface area contributed by atoms with E-state index in [1.54, 1.807) is 77.9 Å². The maximum absolute atomic E-state index is 2.65. The van der Waals surface area contributed by atoms with Crippen LogP contribution in [0.4, 0.5) is 0 Å². The Morgan fingerprint density at radius 1 is 0.333 bits per heavy atom. The van der Waals surface area contributed by atoms with E-state index in [-0.39, 0.29) is 0 Å². The average Bonchev–Trinajstić information content (AvgIpc) is 3.57. The summed E-state index contributed by atoms with van der Waals surface area (Å²) in [4.78, 5) is 0. The lowest BCUT2D eigenvalue weighted by Crippen LogP contribution is -2.02. The van der Waals surface area contributed by atoms with E-state index in [4.69, 9.17) is 0 Å². The summed E-state index contributed by atoms with van der Waals surface area (Å²) in [5.74, 6) is 0. The molecule has 0 aliphatic heterocycles. The molecule has 6 aliphatic carbocycles. The molecule has 0 atom stereocenters. The molecule has 0 heterocycles. The van der Waals surface area contributed by atoms with Gasteiger partial charge in [0.25, 0.3) is 0 Å². The lowest BCUT2D eigenvalue weighted by Gasteiger charge is -2.15. The minimum absolute atomic E-state index is 1.22. The summed E-state index contributed by atoms with van der Waals surface area (Å²) >= 11 is 0. The molecule has 8 rings (SSSR count). The standard InChI is InChI=1S/C30H30/c1-5-19-20-6-2-10-24(20)28-14-17(13-27(28)23(19)9-1)18-15-29-25-11-3-7-21(25)22-8-4-12-26(22)30(29)16-18/h13,15H,1-12,14,16H2. The summed E-state index contributed by atoms with van der Waals surface area (Å²) in [5, 5.41) is 0. The first-order valence-electron chi connectivity index (χ1n) is 12.6. The summed E-state index contributed by atoms with van der Waals surface area (Å²) in [6.45, 7) is 0. The molecule has 0 radical (unpaired) electrons. The number of hydrogen-bond acceptors (Lipinski definition) is 0. The van der Waals surface area contributed by atoms with Crippen molar-refractivity contribution >= 4 is 12.2 Å². The topological polar surface area (TPSA) is 0 Å². The van der Waals surface area contributed by atoms with E-state index >= 15 is 0 Å².